The van der Waals surface area contributed by atoms with E-state index in [1.54, 1.807) is 12.1 Å². The highest BCUT2D eigenvalue weighted by Crippen LogP contribution is 2.33. The molecule has 2 heteroatoms. The molecule has 0 aliphatic carbocycles. The van der Waals surface area contributed by atoms with Crippen LogP contribution in [0.4, 0.5) is 0 Å². The Hall–Kier alpha value is -3.78. The van der Waals surface area contributed by atoms with Gasteiger partial charge in [-0.25, -0.2) is 0 Å². The third-order valence-corrected chi connectivity index (χ3v) is 6.06. The van der Waals surface area contributed by atoms with Crippen molar-refractivity contribution in [1.82, 2.24) is 4.57 Å². The molecule has 0 bridgehead atoms. The maximum Gasteiger partial charge on any atom is 0.115 e. The van der Waals surface area contributed by atoms with Gasteiger partial charge in [0.15, 0.2) is 0 Å². The summed E-state index contributed by atoms with van der Waals surface area (Å²) in [5.41, 5.74) is 8.84. The van der Waals surface area contributed by atoms with Crippen LogP contribution < -0.4 is 0 Å². The number of aromatic hydroxyl groups is 1. The lowest BCUT2D eigenvalue weighted by molar-refractivity contribution is 0.475. The molecule has 0 unspecified atom stereocenters. The van der Waals surface area contributed by atoms with Gasteiger partial charge in [0.2, 0.25) is 0 Å². The molecule has 0 atom stereocenters. The van der Waals surface area contributed by atoms with Crippen LogP contribution in [0.3, 0.4) is 0 Å². The molecule has 0 saturated carbocycles. The zero-order chi connectivity index (χ0) is 21.2. The molecule has 0 saturated heterocycles. The Bertz CT molecular complexity index is 1320. The largest absolute Gasteiger partial charge is 0.508 e. The highest BCUT2D eigenvalue weighted by atomic mass is 16.3. The minimum absolute atomic E-state index is 0.291. The van der Waals surface area contributed by atoms with Crippen molar-refractivity contribution < 1.29 is 5.11 Å². The lowest BCUT2D eigenvalue weighted by atomic mass is 9.98. The standard InChI is InChI=1S/C29H25NO/c1-21-27(18-22-8-4-2-5-9-22)28-19-25(24-12-15-26(31)16-13-24)14-17-29(28)30(21)20-23-10-6-3-7-11-23/h2-17,19,31H,18,20H2,1H3. The van der Waals surface area contributed by atoms with Gasteiger partial charge in [-0.2, -0.15) is 0 Å². The highest BCUT2D eigenvalue weighted by molar-refractivity contribution is 5.90. The van der Waals surface area contributed by atoms with E-state index in [0.29, 0.717) is 5.75 Å². The third kappa shape index (κ3) is 3.85. The molecule has 1 heterocycles. The summed E-state index contributed by atoms with van der Waals surface area (Å²) >= 11 is 0. The molecule has 0 radical (unpaired) electrons. The summed E-state index contributed by atoms with van der Waals surface area (Å²) in [6.45, 7) is 3.10. The molecule has 0 fully saturated rings. The molecule has 31 heavy (non-hydrogen) atoms. The first-order valence-electron chi connectivity index (χ1n) is 10.7. The smallest absolute Gasteiger partial charge is 0.115 e. The van der Waals surface area contributed by atoms with Crippen molar-refractivity contribution in [3.05, 3.63) is 126 Å². The van der Waals surface area contributed by atoms with Gasteiger partial charge in [-0.1, -0.05) is 78.9 Å². The van der Waals surface area contributed by atoms with Crippen molar-refractivity contribution in [2.45, 2.75) is 19.9 Å². The molecular weight excluding hydrogens is 378 g/mol. The second-order valence-electron chi connectivity index (χ2n) is 8.08. The molecule has 1 N–H and O–H groups in total. The molecule has 0 aliphatic heterocycles. The van der Waals surface area contributed by atoms with Crippen LogP contribution in [0.25, 0.3) is 22.0 Å². The van der Waals surface area contributed by atoms with Gasteiger partial charge in [0.25, 0.3) is 0 Å². The minimum Gasteiger partial charge on any atom is -0.508 e. The van der Waals surface area contributed by atoms with Crippen LogP contribution in [0.5, 0.6) is 5.75 Å². The van der Waals surface area contributed by atoms with E-state index in [1.807, 2.05) is 12.1 Å². The van der Waals surface area contributed by atoms with Crippen LogP contribution in [0, 0.1) is 6.92 Å². The van der Waals surface area contributed by atoms with Crippen molar-refractivity contribution in [1.29, 1.82) is 0 Å². The SMILES string of the molecule is Cc1c(Cc2ccccc2)c2cc(-c3ccc(O)cc3)ccc2n1Cc1ccccc1. The van der Waals surface area contributed by atoms with Gasteiger partial charge in [0.1, 0.15) is 5.75 Å². The Labute approximate surface area is 183 Å². The number of hydrogen-bond acceptors (Lipinski definition) is 1. The van der Waals surface area contributed by atoms with Crippen LogP contribution in [0.1, 0.15) is 22.4 Å². The van der Waals surface area contributed by atoms with Crippen LogP contribution in [-0.2, 0) is 13.0 Å². The summed E-state index contributed by atoms with van der Waals surface area (Å²) in [6, 6.07) is 35.5. The number of rotatable bonds is 5. The normalized spacial score (nSPS) is 11.1. The predicted octanol–water partition coefficient (Wildman–Crippen LogP) is 6.96. The van der Waals surface area contributed by atoms with Crippen molar-refractivity contribution >= 4 is 10.9 Å². The quantitative estimate of drug-likeness (QED) is 0.337. The van der Waals surface area contributed by atoms with Crippen molar-refractivity contribution in [2.24, 2.45) is 0 Å². The van der Waals surface area contributed by atoms with Gasteiger partial charge < -0.3 is 9.67 Å². The lowest BCUT2D eigenvalue weighted by Crippen LogP contribution is -2.02. The average Bonchev–Trinajstić information content (AvgIpc) is 3.06. The number of phenolic OH excluding ortho intramolecular Hbond substituents is 1. The number of hydrogen-bond donors (Lipinski definition) is 1. The van der Waals surface area contributed by atoms with Gasteiger partial charge in [-0.05, 0) is 65.4 Å². The molecule has 0 amide bonds. The maximum absolute atomic E-state index is 9.66. The van der Waals surface area contributed by atoms with E-state index in [2.05, 4.69) is 90.4 Å². The second kappa shape index (κ2) is 8.16. The zero-order valence-corrected chi connectivity index (χ0v) is 17.6. The average molecular weight is 404 g/mol. The van der Waals surface area contributed by atoms with Crippen molar-refractivity contribution in [3.63, 3.8) is 0 Å². The predicted molar refractivity (Wildman–Crippen MR) is 129 cm³/mol. The van der Waals surface area contributed by atoms with Gasteiger partial charge in [-0.3, -0.25) is 0 Å². The molecule has 5 rings (SSSR count). The Morgan fingerprint density at radius 2 is 1.29 bits per heavy atom. The number of aromatic nitrogens is 1. The van der Waals surface area contributed by atoms with Crippen LogP contribution in [0.15, 0.2) is 103 Å². The third-order valence-electron chi connectivity index (χ3n) is 6.06. The first-order valence-corrected chi connectivity index (χ1v) is 10.7. The Kier molecular flexibility index (Phi) is 5.05. The molecule has 1 aromatic heterocycles. The Balaban J connectivity index is 1.66. The Morgan fingerprint density at radius 3 is 1.97 bits per heavy atom. The molecular formula is C29H25NO. The monoisotopic (exact) mass is 403 g/mol. The second-order valence-corrected chi connectivity index (χ2v) is 8.08. The van der Waals surface area contributed by atoms with Crippen LogP contribution in [-0.4, -0.2) is 9.67 Å². The fraction of sp³-hybridized carbons (Fsp3) is 0.103. The summed E-state index contributed by atoms with van der Waals surface area (Å²) in [5.74, 6) is 0.291. The minimum atomic E-state index is 0.291. The molecule has 0 aliphatic rings. The zero-order valence-electron chi connectivity index (χ0n) is 17.6. The van der Waals surface area contributed by atoms with Crippen molar-refractivity contribution in [2.75, 3.05) is 0 Å². The molecule has 4 aromatic carbocycles. The van der Waals surface area contributed by atoms with Gasteiger partial charge in [-0.15, -0.1) is 0 Å². The first-order chi connectivity index (χ1) is 15.2. The van der Waals surface area contributed by atoms with E-state index in [1.165, 1.54) is 38.9 Å². The van der Waals surface area contributed by atoms with E-state index in [9.17, 15) is 5.11 Å². The fourth-order valence-electron chi connectivity index (χ4n) is 4.38. The number of nitrogens with zero attached hydrogens (tertiary/aromatic N) is 1. The van der Waals surface area contributed by atoms with Gasteiger partial charge >= 0.3 is 0 Å². The van der Waals surface area contributed by atoms with Crippen LogP contribution >= 0.6 is 0 Å². The number of phenols is 1. The van der Waals surface area contributed by atoms with Gasteiger partial charge in [0, 0.05) is 23.1 Å². The lowest BCUT2D eigenvalue weighted by Gasteiger charge is -2.09. The fourth-order valence-corrected chi connectivity index (χ4v) is 4.38. The van der Waals surface area contributed by atoms with E-state index in [-0.39, 0.29) is 0 Å². The molecule has 2 nitrogen and oxygen atoms in total. The van der Waals surface area contributed by atoms with E-state index >= 15 is 0 Å². The maximum atomic E-state index is 9.66. The van der Waals surface area contributed by atoms with E-state index < -0.39 is 0 Å². The number of benzene rings is 4. The summed E-state index contributed by atoms with van der Waals surface area (Å²) in [4.78, 5) is 0. The van der Waals surface area contributed by atoms with Gasteiger partial charge in [0.05, 0.1) is 0 Å². The summed E-state index contributed by atoms with van der Waals surface area (Å²) in [6.07, 6.45) is 0.907. The molecule has 5 aromatic rings. The molecule has 152 valence electrons. The molecule has 0 spiro atoms. The van der Waals surface area contributed by atoms with Crippen LogP contribution in [0.2, 0.25) is 0 Å². The highest BCUT2D eigenvalue weighted by Gasteiger charge is 2.16. The topological polar surface area (TPSA) is 25.2 Å². The van der Waals surface area contributed by atoms with E-state index in [4.69, 9.17) is 0 Å². The summed E-state index contributed by atoms with van der Waals surface area (Å²) in [5, 5.41) is 11.0. The number of fused-ring (bicyclic) bond motifs is 1. The summed E-state index contributed by atoms with van der Waals surface area (Å²) < 4.78 is 2.43. The first kappa shape index (κ1) is 19.2. The van der Waals surface area contributed by atoms with Crippen molar-refractivity contribution in [3.8, 4) is 16.9 Å². The Morgan fingerprint density at radius 1 is 0.677 bits per heavy atom. The summed E-state index contributed by atoms with van der Waals surface area (Å²) in [7, 11) is 0. The van der Waals surface area contributed by atoms with E-state index in [0.717, 1.165) is 18.5 Å².